The molecule has 3 rings (SSSR count). The van der Waals surface area contributed by atoms with Crippen molar-refractivity contribution in [2.24, 2.45) is 5.10 Å². The molecular formula is C21H25N3O5S. The van der Waals surface area contributed by atoms with Crippen molar-refractivity contribution in [3.05, 3.63) is 53.6 Å². The van der Waals surface area contributed by atoms with Gasteiger partial charge in [0, 0.05) is 18.7 Å². The van der Waals surface area contributed by atoms with E-state index in [9.17, 15) is 13.2 Å². The summed E-state index contributed by atoms with van der Waals surface area (Å²) in [5.74, 6) is 0.861. The first-order chi connectivity index (χ1) is 14.5. The molecule has 1 amide bonds. The Kier molecular flexibility index (Phi) is 7.07. The van der Waals surface area contributed by atoms with E-state index in [1.165, 1.54) is 34.8 Å². The Labute approximate surface area is 176 Å². The first-order valence-electron chi connectivity index (χ1n) is 9.79. The van der Waals surface area contributed by atoms with Gasteiger partial charge in [0.1, 0.15) is 0 Å². The largest absolute Gasteiger partial charge is 0.454 e. The molecule has 2 aromatic rings. The minimum Gasteiger partial charge on any atom is -0.454 e. The zero-order chi connectivity index (χ0) is 21.6. The molecule has 0 atom stereocenters. The maximum absolute atomic E-state index is 12.8. The van der Waals surface area contributed by atoms with Gasteiger partial charge in [-0.15, -0.1) is 0 Å². The van der Waals surface area contributed by atoms with Gasteiger partial charge in [-0.1, -0.05) is 13.8 Å². The van der Waals surface area contributed by atoms with E-state index in [1.54, 1.807) is 18.2 Å². The van der Waals surface area contributed by atoms with Crippen LogP contribution in [0.15, 0.2) is 52.5 Å². The van der Waals surface area contributed by atoms with E-state index in [0.717, 1.165) is 18.4 Å². The SMILES string of the molecule is CCCN(CCC)S(=O)(=O)c1ccc(C(=O)N/N=C/c2ccc3c(c2)OCO3)cc1. The van der Waals surface area contributed by atoms with Crippen LogP contribution in [0, 0.1) is 0 Å². The minimum absolute atomic E-state index is 0.171. The van der Waals surface area contributed by atoms with Crippen LogP contribution in [0.1, 0.15) is 42.6 Å². The average molecular weight is 432 g/mol. The van der Waals surface area contributed by atoms with E-state index in [1.807, 2.05) is 13.8 Å². The van der Waals surface area contributed by atoms with E-state index < -0.39 is 15.9 Å². The lowest BCUT2D eigenvalue weighted by atomic mass is 10.2. The third-order valence-electron chi connectivity index (χ3n) is 4.48. The van der Waals surface area contributed by atoms with Gasteiger partial charge in [0.15, 0.2) is 11.5 Å². The Morgan fingerprint density at radius 2 is 1.73 bits per heavy atom. The molecule has 1 aliphatic heterocycles. The van der Waals surface area contributed by atoms with Crippen LogP contribution in [0.3, 0.4) is 0 Å². The van der Waals surface area contributed by atoms with Crippen LogP contribution in [0.5, 0.6) is 11.5 Å². The highest BCUT2D eigenvalue weighted by Gasteiger charge is 2.23. The number of benzene rings is 2. The Hall–Kier alpha value is -2.91. The van der Waals surface area contributed by atoms with Gasteiger partial charge >= 0.3 is 0 Å². The van der Waals surface area contributed by atoms with Crippen LogP contribution in [0.25, 0.3) is 0 Å². The molecular weight excluding hydrogens is 406 g/mol. The van der Waals surface area contributed by atoms with Gasteiger partial charge in [-0.25, -0.2) is 13.8 Å². The number of carbonyl (C=O) groups excluding carboxylic acids is 1. The van der Waals surface area contributed by atoms with Gasteiger partial charge in [-0.2, -0.15) is 9.41 Å². The number of ether oxygens (including phenoxy) is 2. The van der Waals surface area contributed by atoms with Crippen molar-refractivity contribution >= 4 is 22.1 Å². The fourth-order valence-electron chi connectivity index (χ4n) is 3.00. The Bertz CT molecular complexity index is 1010. The summed E-state index contributed by atoms with van der Waals surface area (Å²) in [7, 11) is -3.58. The summed E-state index contributed by atoms with van der Waals surface area (Å²) < 4.78 is 37.6. The molecule has 2 aromatic carbocycles. The zero-order valence-electron chi connectivity index (χ0n) is 17.0. The molecule has 9 heteroatoms. The van der Waals surface area contributed by atoms with Crippen LogP contribution >= 0.6 is 0 Å². The van der Waals surface area contributed by atoms with Crippen molar-refractivity contribution < 1.29 is 22.7 Å². The third-order valence-corrected chi connectivity index (χ3v) is 6.39. The fraction of sp³-hybridized carbons (Fsp3) is 0.333. The second-order valence-corrected chi connectivity index (χ2v) is 8.68. The Morgan fingerprint density at radius 3 is 2.40 bits per heavy atom. The van der Waals surface area contributed by atoms with Gasteiger partial charge in [-0.05, 0) is 60.9 Å². The lowest BCUT2D eigenvalue weighted by molar-refractivity contribution is 0.0955. The van der Waals surface area contributed by atoms with Crippen LogP contribution in [-0.2, 0) is 10.0 Å². The summed E-state index contributed by atoms with van der Waals surface area (Å²) in [5, 5.41) is 3.94. The monoisotopic (exact) mass is 431 g/mol. The predicted octanol–water partition coefficient (Wildman–Crippen LogP) is 2.99. The summed E-state index contributed by atoms with van der Waals surface area (Å²) in [5.41, 5.74) is 3.49. The van der Waals surface area contributed by atoms with E-state index in [0.29, 0.717) is 30.2 Å². The third kappa shape index (κ3) is 4.98. The Balaban J connectivity index is 1.64. The van der Waals surface area contributed by atoms with E-state index >= 15 is 0 Å². The van der Waals surface area contributed by atoms with Crippen molar-refractivity contribution in [3.63, 3.8) is 0 Å². The van der Waals surface area contributed by atoms with Gasteiger partial charge in [-0.3, -0.25) is 4.79 Å². The lowest BCUT2D eigenvalue weighted by Gasteiger charge is -2.21. The molecule has 30 heavy (non-hydrogen) atoms. The van der Waals surface area contributed by atoms with Gasteiger partial charge < -0.3 is 9.47 Å². The van der Waals surface area contributed by atoms with Crippen LogP contribution in [0.4, 0.5) is 0 Å². The highest BCUT2D eigenvalue weighted by atomic mass is 32.2. The first-order valence-corrected chi connectivity index (χ1v) is 11.2. The number of nitrogens with one attached hydrogen (secondary N) is 1. The van der Waals surface area contributed by atoms with Crippen molar-refractivity contribution in [2.75, 3.05) is 19.9 Å². The molecule has 1 N–H and O–H groups in total. The number of hydrogen-bond donors (Lipinski definition) is 1. The van der Waals surface area contributed by atoms with Crippen LogP contribution in [-0.4, -0.2) is 44.7 Å². The molecule has 8 nitrogen and oxygen atoms in total. The minimum atomic E-state index is -3.58. The molecule has 0 saturated heterocycles. The van der Waals surface area contributed by atoms with E-state index in [2.05, 4.69) is 10.5 Å². The number of hydrogen-bond acceptors (Lipinski definition) is 6. The number of carbonyl (C=O) groups is 1. The molecule has 1 heterocycles. The molecule has 0 unspecified atom stereocenters. The summed E-state index contributed by atoms with van der Waals surface area (Å²) in [6.45, 7) is 5.00. The second-order valence-electron chi connectivity index (χ2n) is 6.74. The highest BCUT2D eigenvalue weighted by Crippen LogP contribution is 2.31. The number of fused-ring (bicyclic) bond motifs is 1. The number of amides is 1. The number of rotatable bonds is 9. The average Bonchev–Trinajstić information content (AvgIpc) is 3.21. The van der Waals surface area contributed by atoms with Crippen LogP contribution < -0.4 is 14.9 Å². The van der Waals surface area contributed by atoms with Gasteiger partial charge in [0.2, 0.25) is 16.8 Å². The molecule has 0 spiro atoms. The van der Waals surface area contributed by atoms with Gasteiger partial charge in [0.25, 0.3) is 5.91 Å². The number of sulfonamides is 1. The van der Waals surface area contributed by atoms with Gasteiger partial charge in [0.05, 0.1) is 11.1 Å². The fourth-order valence-corrected chi connectivity index (χ4v) is 4.63. The van der Waals surface area contributed by atoms with E-state index in [-0.39, 0.29) is 11.7 Å². The van der Waals surface area contributed by atoms with E-state index in [4.69, 9.17) is 9.47 Å². The summed E-state index contributed by atoms with van der Waals surface area (Å²) in [6, 6.07) is 11.2. The maximum Gasteiger partial charge on any atom is 0.271 e. The summed E-state index contributed by atoms with van der Waals surface area (Å²) in [6.07, 6.45) is 2.97. The molecule has 0 bridgehead atoms. The molecule has 0 saturated carbocycles. The lowest BCUT2D eigenvalue weighted by Crippen LogP contribution is -2.32. The topological polar surface area (TPSA) is 97.3 Å². The smallest absolute Gasteiger partial charge is 0.271 e. The summed E-state index contributed by atoms with van der Waals surface area (Å²) in [4.78, 5) is 12.5. The van der Waals surface area contributed by atoms with Crippen molar-refractivity contribution in [3.8, 4) is 11.5 Å². The molecule has 1 aliphatic rings. The number of nitrogens with zero attached hydrogens (tertiary/aromatic N) is 2. The molecule has 0 aliphatic carbocycles. The molecule has 0 aromatic heterocycles. The quantitative estimate of drug-likeness (QED) is 0.486. The predicted molar refractivity (Wildman–Crippen MR) is 113 cm³/mol. The van der Waals surface area contributed by atoms with Crippen molar-refractivity contribution in [2.45, 2.75) is 31.6 Å². The Morgan fingerprint density at radius 1 is 1.07 bits per heavy atom. The van der Waals surface area contributed by atoms with Crippen LogP contribution in [0.2, 0.25) is 0 Å². The second kappa shape index (κ2) is 9.73. The molecule has 0 radical (unpaired) electrons. The first kappa shape index (κ1) is 21.8. The molecule has 0 fully saturated rings. The normalized spacial score (nSPS) is 13.2. The zero-order valence-corrected chi connectivity index (χ0v) is 17.8. The maximum atomic E-state index is 12.8. The summed E-state index contributed by atoms with van der Waals surface area (Å²) >= 11 is 0. The van der Waals surface area contributed by atoms with Crippen molar-refractivity contribution in [1.29, 1.82) is 0 Å². The standard InChI is InChI=1S/C21H25N3O5S/c1-3-11-24(12-4-2)30(26,27)18-8-6-17(7-9-18)21(25)23-22-14-16-5-10-19-20(13-16)29-15-28-19/h5-10,13-14H,3-4,11-12,15H2,1-2H3,(H,23,25)/b22-14+. The van der Waals surface area contributed by atoms with Crippen molar-refractivity contribution in [1.82, 2.24) is 9.73 Å². The molecule has 160 valence electrons. The highest BCUT2D eigenvalue weighted by molar-refractivity contribution is 7.89. The number of hydrazone groups is 1.